The van der Waals surface area contributed by atoms with E-state index >= 15 is 0 Å². The van der Waals surface area contributed by atoms with Crippen molar-refractivity contribution in [3.05, 3.63) is 0 Å². The summed E-state index contributed by atoms with van der Waals surface area (Å²) in [6.45, 7) is 0.249. The van der Waals surface area contributed by atoms with Crippen LogP contribution in [0, 0.1) is 5.92 Å². The molecule has 1 aliphatic carbocycles. The molecule has 0 heterocycles. The van der Waals surface area contributed by atoms with Crippen molar-refractivity contribution in [3.63, 3.8) is 0 Å². The molecule has 1 fully saturated rings. The van der Waals surface area contributed by atoms with E-state index in [1.165, 1.54) is 0 Å². The van der Waals surface area contributed by atoms with E-state index in [-0.39, 0.29) is 37.6 Å². The van der Waals surface area contributed by atoms with E-state index in [0.29, 0.717) is 19.0 Å². The first kappa shape index (κ1) is 27.2. The maximum absolute atomic E-state index is 12.9. The summed E-state index contributed by atoms with van der Waals surface area (Å²) in [5.41, 5.74) is 5.50. The molecule has 1 aliphatic rings. The Labute approximate surface area is 187 Å². The zero-order chi connectivity index (χ0) is 23.9. The largest absolute Gasteiger partial charge is 0.481 e. The van der Waals surface area contributed by atoms with Crippen molar-refractivity contribution in [1.29, 1.82) is 0 Å². The number of nitrogens with one attached hydrogen (secondary N) is 3. The Kier molecular flexibility index (Phi) is 12.8. The molecule has 0 saturated heterocycles. The summed E-state index contributed by atoms with van der Waals surface area (Å²) >= 11 is 0. The second-order valence-corrected chi connectivity index (χ2v) is 7.98. The first-order valence-corrected chi connectivity index (χ1v) is 11.0. The highest BCUT2D eigenvalue weighted by Crippen LogP contribution is 2.23. The average molecular weight is 455 g/mol. The lowest BCUT2D eigenvalue weighted by Gasteiger charge is -2.26. The van der Waals surface area contributed by atoms with Crippen LogP contribution in [0.5, 0.6) is 0 Å². The molecular formula is C21H34N4O7. The molecule has 11 heteroatoms. The van der Waals surface area contributed by atoms with Crippen LogP contribution < -0.4 is 21.7 Å². The summed E-state index contributed by atoms with van der Waals surface area (Å²) in [5, 5.41) is 16.4. The number of hydrogen-bond acceptors (Lipinski definition) is 7. The van der Waals surface area contributed by atoms with Gasteiger partial charge in [-0.25, -0.2) is 0 Å². The zero-order valence-electron chi connectivity index (χ0n) is 18.2. The van der Waals surface area contributed by atoms with Crippen molar-refractivity contribution >= 4 is 36.3 Å². The quantitative estimate of drug-likeness (QED) is 0.203. The van der Waals surface area contributed by atoms with Gasteiger partial charge in [0.05, 0.1) is 12.5 Å². The third-order valence-corrected chi connectivity index (χ3v) is 5.40. The summed E-state index contributed by atoms with van der Waals surface area (Å²) < 4.78 is 0. The predicted octanol–water partition coefficient (Wildman–Crippen LogP) is -0.587. The SMILES string of the molecule is NCCC[C@H](NC(=O)[C@H](CCC=O)NC(=O)C1CCCCC1)C(=O)N[C@H](C=O)CC(=O)O. The number of amides is 3. The van der Waals surface area contributed by atoms with Gasteiger partial charge in [-0.3, -0.25) is 19.2 Å². The summed E-state index contributed by atoms with van der Waals surface area (Å²) in [5.74, 6) is -3.05. The number of carbonyl (C=O) groups is 6. The molecule has 0 radical (unpaired) electrons. The standard InChI is InChI=1S/C21H34N4O7/c22-10-4-8-16(20(31)23-15(13-27)12-18(28)29)25-21(32)17(9-5-11-26)24-19(30)14-6-2-1-3-7-14/h11,13-17H,1-10,12,22H2,(H,23,31)(H,24,30)(H,25,32)(H,28,29)/t15-,16-,17-/m0/s1. The first-order valence-electron chi connectivity index (χ1n) is 11.0. The fraction of sp³-hybridized carbons (Fsp3) is 0.714. The first-order chi connectivity index (χ1) is 15.3. The summed E-state index contributed by atoms with van der Waals surface area (Å²) in [6.07, 6.45) is 5.48. The van der Waals surface area contributed by atoms with E-state index in [1.807, 2.05) is 0 Å². The van der Waals surface area contributed by atoms with Gasteiger partial charge >= 0.3 is 5.97 Å². The van der Waals surface area contributed by atoms with Crippen molar-refractivity contribution in [2.24, 2.45) is 11.7 Å². The fourth-order valence-electron chi connectivity index (χ4n) is 3.63. The molecular weight excluding hydrogens is 420 g/mol. The molecule has 3 amide bonds. The molecule has 11 nitrogen and oxygen atoms in total. The van der Waals surface area contributed by atoms with Crippen molar-refractivity contribution < 1.29 is 33.9 Å². The Morgan fingerprint density at radius 1 is 0.938 bits per heavy atom. The Morgan fingerprint density at radius 3 is 2.12 bits per heavy atom. The van der Waals surface area contributed by atoms with Gasteiger partial charge in [-0.05, 0) is 38.6 Å². The molecule has 0 aromatic carbocycles. The zero-order valence-corrected chi connectivity index (χ0v) is 18.2. The normalized spacial score (nSPS) is 16.8. The Hall–Kier alpha value is -2.82. The van der Waals surface area contributed by atoms with Crippen LogP contribution in [0.1, 0.15) is 64.2 Å². The molecule has 0 bridgehead atoms. The minimum absolute atomic E-state index is 0.0501. The van der Waals surface area contributed by atoms with Gasteiger partial charge < -0.3 is 36.4 Å². The molecule has 1 rings (SSSR count). The van der Waals surface area contributed by atoms with Gasteiger partial charge in [0.25, 0.3) is 0 Å². The number of hydrogen-bond donors (Lipinski definition) is 5. The molecule has 0 unspecified atom stereocenters. The van der Waals surface area contributed by atoms with Gasteiger partial charge in [-0.1, -0.05) is 19.3 Å². The second kappa shape index (κ2) is 15.1. The minimum atomic E-state index is -1.26. The summed E-state index contributed by atoms with van der Waals surface area (Å²) in [6, 6.07) is -3.31. The summed E-state index contributed by atoms with van der Waals surface area (Å²) in [4.78, 5) is 70.8. The van der Waals surface area contributed by atoms with Gasteiger partial charge in [-0.2, -0.15) is 0 Å². The fourth-order valence-corrected chi connectivity index (χ4v) is 3.63. The minimum Gasteiger partial charge on any atom is -0.481 e. The Balaban J connectivity index is 2.84. The molecule has 0 spiro atoms. The van der Waals surface area contributed by atoms with Crippen molar-refractivity contribution in [2.45, 2.75) is 82.3 Å². The number of aliphatic carboxylic acids is 1. The molecule has 1 saturated carbocycles. The van der Waals surface area contributed by atoms with Gasteiger partial charge in [0.1, 0.15) is 24.7 Å². The number of carboxylic acids is 1. The van der Waals surface area contributed by atoms with Crippen LogP contribution in [-0.2, 0) is 28.8 Å². The van der Waals surface area contributed by atoms with Crippen LogP contribution in [0.3, 0.4) is 0 Å². The molecule has 3 atom stereocenters. The highest BCUT2D eigenvalue weighted by atomic mass is 16.4. The lowest BCUT2D eigenvalue weighted by atomic mass is 9.88. The molecule has 0 aromatic heterocycles. The van der Waals surface area contributed by atoms with E-state index < -0.39 is 42.3 Å². The number of aldehydes is 2. The van der Waals surface area contributed by atoms with Crippen LogP contribution in [0.25, 0.3) is 0 Å². The average Bonchev–Trinajstić information content (AvgIpc) is 2.78. The second-order valence-electron chi connectivity index (χ2n) is 7.98. The highest BCUT2D eigenvalue weighted by molar-refractivity contribution is 5.93. The Morgan fingerprint density at radius 2 is 1.56 bits per heavy atom. The smallest absolute Gasteiger partial charge is 0.305 e. The van der Waals surface area contributed by atoms with E-state index in [1.54, 1.807) is 0 Å². The van der Waals surface area contributed by atoms with Crippen LogP contribution in [-0.4, -0.2) is 66.0 Å². The van der Waals surface area contributed by atoms with E-state index in [2.05, 4.69) is 16.0 Å². The van der Waals surface area contributed by atoms with Gasteiger partial charge in [0.15, 0.2) is 0 Å². The lowest BCUT2D eigenvalue weighted by Crippen LogP contribution is -2.55. The van der Waals surface area contributed by atoms with Crippen LogP contribution in [0.15, 0.2) is 0 Å². The highest BCUT2D eigenvalue weighted by Gasteiger charge is 2.30. The Bertz CT molecular complexity index is 665. The lowest BCUT2D eigenvalue weighted by molar-refractivity contribution is -0.139. The predicted molar refractivity (Wildman–Crippen MR) is 114 cm³/mol. The van der Waals surface area contributed by atoms with Crippen LogP contribution in [0.4, 0.5) is 0 Å². The van der Waals surface area contributed by atoms with E-state index in [0.717, 1.165) is 32.1 Å². The number of carboxylic acid groups (broad SMARTS) is 1. The number of nitrogens with two attached hydrogens (primary N) is 1. The number of carbonyl (C=O) groups excluding carboxylic acids is 5. The van der Waals surface area contributed by atoms with E-state index in [4.69, 9.17) is 10.8 Å². The number of rotatable bonds is 15. The topological polar surface area (TPSA) is 185 Å². The molecule has 6 N–H and O–H groups in total. The molecule has 32 heavy (non-hydrogen) atoms. The summed E-state index contributed by atoms with van der Waals surface area (Å²) in [7, 11) is 0. The third kappa shape index (κ3) is 9.99. The molecule has 0 aliphatic heterocycles. The van der Waals surface area contributed by atoms with Gasteiger partial charge in [0.2, 0.25) is 17.7 Å². The van der Waals surface area contributed by atoms with Crippen LogP contribution in [0.2, 0.25) is 0 Å². The monoisotopic (exact) mass is 454 g/mol. The molecule has 180 valence electrons. The van der Waals surface area contributed by atoms with Crippen molar-refractivity contribution in [3.8, 4) is 0 Å². The van der Waals surface area contributed by atoms with Gasteiger partial charge in [-0.15, -0.1) is 0 Å². The molecule has 0 aromatic rings. The van der Waals surface area contributed by atoms with Crippen LogP contribution >= 0.6 is 0 Å². The van der Waals surface area contributed by atoms with Crippen molar-refractivity contribution in [1.82, 2.24) is 16.0 Å². The van der Waals surface area contributed by atoms with Crippen molar-refractivity contribution in [2.75, 3.05) is 6.54 Å². The third-order valence-electron chi connectivity index (χ3n) is 5.40. The van der Waals surface area contributed by atoms with E-state index in [9.17, 15) is 28.8 Å². The maximum Gasteiger partial charge on any atom is 0.305 e. The van der Waals surface area contributed by atoms with Gasteiger partial charge in [0, 0.05) is 12.3 Å². The maximum atomic E-state index is 12.9.